The second-order valence-electron chi connectivity index (χ2n) is 7.86. The van der Waals surface area contributed by atoms with Crippen LogP contribution in [0.2, 0.25) is 0 Å². The van der Waals surface area contributed by atoms with Gasteiger partial charge in [-0.25, -0.2) is 4.31 Å². The summed E-state index contributed by atoms with van der Waals surface area (Å²) in [6, 6.07) is 7.41. The van der Waals surface area contributed by atoms with Gasteiger partial charge in [0, 0.05) is 41.5 Å². The molecule has 0 bridgehead atoms. The van der Waals surface area contributed by atoms with Crippen molar-refractivity contribution in [3.63, 3.8) is 0 Å². The number of amides is 1. The molecule has 2 N–H and O–H groups in total. The maximum atomic E-state index is 12.8. The summed E-state index contributed by atoms with van der Waals surface area (Å²) in [6.45, 7) is 5.04. The second kappa shape index (κ2) is 11.4. The number of rotatable bonds is 9. The maximum Gasteiger partial charge on any atom is 0.252 e. The molecular formula is C23H33N3O2S. The molecule has 2 heterocycles. The third-order valence-corrected chi connectivity index (χ3v) is 6.51. The fourth-order valence-electron chi connectivity index (χ4n) is 3.79. The molecule has 6 heteroatoms. The summed E-state index contributed by atoms with van der Waals surface area (Å²) in [5.41, 5.74) is 0.944. The van der Waals surface area contributed by atoms with Crippen molar-refractivity contribution in [2.75, 3.05) is 19.6 Å². The fraction of sp³-hybridized carbons (Fsp3) is 0.565. The molecule has 0 saturated carbocycles. The number of pyridine rings is 1. The predicted octanol–water partition coefficient (Wildman–Crippen LogP) is 5.11. The third-order valence-electron chi connectivity index (χ3n) is 5.42. The van der Waals surface area contributed by atoms with Crippen LogP contribution in [0, 0.1) is 0 Å². The van der Waals surface area contributed by atoms with Crippen molar-refractivity contribution in [1.82, 2.24) is 14.6 Å². The number of hydrogen-bond donors (Lipinski definition) is 2. The maximum absolute atomic E-state index is 12.8. The van der Waals surface area contributed by atoms with E-state index in [-0.39, 0.29) is 11.5 Å². The molecule has 1 aromatic heterocycles. The average Bonchev–Trinajstić information content (AvgIpc) is 2.98. The highest BCUT2D eigenvalue weighted by molar-refractivity contribution is 7.97. The fourth-order valence-corrected chi connectivity index (χ4v) is 4.82. The Morgan fingerprint density at radius 2 is 1.83 bits per heavy atom. The topological polar surface area (TPSA) is 65.2 Å². The molecule has 29 heavy (non-hydrogen) atoms. The molecule has 0 spiro atoms. The van der Waals surface area contributed by atoms with Gasteiger partial charge in [0.05, 0.1) is 5.56 Å². The molecule has 0 atom stereocenters. The van der Waals surface area contributed by atoms with Crippen molar-refractivity contribution < 1.29 is 4.79 Å². The lowest BCUT2D eigenvalue weighted by atomic mass is 10.1. The Bertz CT molecular complexity index is 857. The first kappa shape index (κ1) is 21.9. The molecule has 1 aliphatic heterocycles. The first-order valence-corrected chi connectivity index (χ1v) is 11.8. The van der Waals surface area contributed by atoms with Crippen molar-refractivity contribution in [2.24, 2.45) is 0 Å². The number of nitrogens with zero attached hydrogens (tertiary/aromatic N) is 1. The minimum absolute atomic E-state index is 0.159. The summed E-state index contributed by atoms with van der Waals surface area (Å²) in [7, 11) is 0. The van der Waals surface area contributed by atoms with Crippen LogP contribution in [0.1, 0.15) is 75.1 Å². The van der Waals surface area contributed by atoms with Crippen molar-refractivity contribution in [1.29, 1.82) is 0 Å². The Labute approximate surface area is 177 Å². The number of benzene rings is 1. The van der Waals surface area contributed by atoms with Gasteiger partial charge in [-0.15, -0.1) is 0 Å². The summed E-state index contributed by atoms with van der Waals surface area (Å²) < 4.78 is 2.41. The highest BCUT2D eigenvalue weighted by Gasteiger charge is 2.14. The van der Waals surface area contributed by atoms with Gasteiger partial charge in [0.2, 0.25) is 5.56 Å². The van der Waals surface area contributed by atoms with Crippen LogP contribution in [0.15, 0.2) is 34.0 Å². The minimum Gasteiger partial charge on any atom is -0.352 e. The zero-order valence-corrected chi connectivity index (χ0v) is 18.3. The van der Waals surface area contributed by atoms with E-state index in [0.29, 0.717) is 17.6 Å². The van der Waals surface area contributed by atoms with Crippen LogP contribution in [-0.4, -0.2) is 34.8 Å². The Morgan fingerprint density at radius 1 is 1.07 bits per heavy atom. The summed E-state index contributed by atoms with van der Waals surface area (Å²) in [6.07, 6.45) is 10.8. The first-order chi connectivity index (χ1) is 14.2. The number of carbonyl (C=O) groups excluding carboxylic acids is 1. The number of fused-ring (bicyclic) bond motifs is 1. The summed E-state index contributed by atoms with van der Waals surface area (Å²) >= 11 is 1.76. The first-order valence-electron chi connectivity index (χ1n) is 11.1. The standard InChI is InChI=1S/C23H33N3O2S/c1-2-3-4-5-8-13-24-23(28)20-17-22(27)25-21-12-11-18(16-19(20)21)29-26-14-9-6-7-10-15-26/h11-12,16-17H,2-10,13-15H2,1H3,(H,24,28)(H,25,27). The van der Waals surface area contributed by atoms with Crippen molar-refractivity contribution in [2.45, 2.75) is 69.6 Å². The SMILES string of the molecule is CCCCCCCNC(=O)c1cc(=O)[nH]c2ccc(SN3CCCCCC3)cc12. The van der Waals surface area contributed by atoms with Crippen LogP contribution in [0.5, 0.6) is 0 Å². The van der Waals surface area contributed by atoms with Gasteiger partial charge in [-0.2, -0.15) is 0 Å². The summed E-state index contributed by atoms with van der Waals surface area (Å²) in [5, 5.41) is 3.81. The van der Waals surface area contributed by atoms with E-state index in [1.807, 2.05) is 18.2 Å². The molecule has 1 amide bonds. The van der Waals surface area contributed by atoms with E-state index in [0.717, 1.165) is 36.2 Å². The molecule has 1 aliphatic rings. The molecule has 1 fully saturated rings. The van der Waals surface area contributed by atoms with Crippen LogP contribution >= 0.6 is 11.9 Å². The lowest BCUT2D eigenvalue weighted by molar-refractivity contribution is 0.0954. The van der Waals surface area contributed by atoms with E-state index in [1.165, 1.54) is 51.0 Å². The van der Waals surface area contributed by atoms with Gasteiger partial charge in [-0.1, -0.05) is 45.4 Å². The number of H-pyrrole nitrogens is 1. The van der Waals surface area contributed by atoms with Gasteiger partial charge in [0.1, 0.15) is 0 Å². The summed E-state index contributed by atoms with van der Waals surface area (Å²) in [5.74, 6) is -0.159. The number of aromatic amines is 1. The summed E-state index contributed by atoms with van der Waals surface area (Å²) in [4.78, 5) is 28.8. The molecule has 0 unspecified atom stereocenters. The smallest absolute Gasteiger partial charge is 0.252 e. The Morgan fingerprint density at radius 3 is 2.59 bits per heavy atom. The second-order valence-corrected chi connectivity index (χ2v) is 9.03. The number of aromatic nitrogens is 1. The third kappa shape index (κ3) is 6.61. The number of unbranched alkanes of at least 4 members (excludes halogenated alkanes) is 4. The number of nitrogens with one attached hydrogen (secondary N) is 2. The van der Waals surface area contributed by atoms with E-state index < -0.39 is 0 Å². The molecule has 5 nitrogen and oxygen atoms in total. The highest BCUT2D eigenvalue weighted by atomic mass is 32.2. The predicted molar refractivity (Wildman–Crippen MR) is 122 cm³/mol. The molecule has 1 saturated heterocycles. The molecular weight excluding hydrogens is 382 g/mol. The monoisotopic (exact) mass is 415 g/mol. The molecule has 0 radical (unpaired) electrons. The van der Waals surface area contributed by atoms with Crippen LogP contribution in [0.25, 0.3) is 10.9 Å². The van der Waals surface area contributed by atoms with Gasteiger partial charge in [-0.3, -0.25) is 9.59 Å². The zero-order chi connectivity index (χ0) is 20.5. The van der Waals surface area contributed by atoms with Gasteiger partial charge in [0.25, 0.3) is 5.91 Å². The van der Waals surface area contributed by atoms with Gasteiger partial charge in [-0.05, 0) is 49.4 Å². The highest BCUT2D eigenvalue weighted by Crippen LogP contribution is 2.29. The largest absolute Gasteiger partial charge is 0.352 e. The number of carbonyl (C=O) groups is 1. The van der Waals surface area contributed by atoms with Gasteiger partial charge >= 0.3 is 0 Å². The average molecular weight is 416 g/mol. The quantitative estimate of drug-likeness (QED) is 0.441. The Balaban J connectivity index is 1.71. The molecule has 2 aromatic rings. The van der Waals surface area contributed by atoms with Crippen molar-refractivity contribution in [3.8, 4) is 0 Å². The van der Waals surface area contributed by atoms with E-state index >= 15 is 0 Å². The van der Waals surface area contributed by atoms with E-state index in [9.17, 15) is 9.59 Å². The van der Waals surface area contributed by atoms with Crippen LogP contribution in [-0.2, 0) is 0 Å². The van der Waals surface area contributed by atoms with Crippen LogP contribution < -0.4 is 10.9 Å². The van der Waals surface area contributed by atoms with Crippen LogP contribution in [0.3, 0.4) is 0 Å². The normalized spacial score (nSPS) is 15.3. The Hall–Kier alpha value is -1.79. The zero-order valence-electron chi connectivity index (χ0n) is 17.5. The van der Waals surface area contributed by atoms with Crippen molar-refractivity contribution >= 4 is 28.8 Å². The van der Waals surface area contributed by atoms with Gasteiger partial charge in [0.15, 0.2) is 0 Å². The molecule has 158 valence electrons. The Kier molecular flexibility index (Phi) is 8.62. The lowest BCUT2D eigenvalue weighted by Gasteiger charge is -2.18. The van der Waals surface area contributed by atoms with E-state index in [4.69, 9.17) is 0 Å². The van der Waals surface area contributed by atoms with Crippen LogP contribution in [0.4, 0.5) is 0 Å². The van der Waals surface area contributed by atoms with Gasteiger partial charge < -0.3 is 10.3 Å². The molecule has 3 rings (SSSR count). The molecule has 0 aliphatic carbocycles. The van der Waals surface area contributed by atoms with E-state index in [1.54, 1.807) is 11.9 Å². The number of hydrogen-bond acceptors (Lipinski definition) is 4. The van der Waals surface area contributed by atoms with E-state index in [2.05, 4.69) is 21.5 Å². The minimum atomic E-state index is -0.237. The lowest BCUT2D eigenvalue weighted by Crippen LogP contribution is -2.26. The molecule has 1 aromatic carbocycles. The van der Waals surface area contributed by atoms with Crippen molar-refractivity contribution in [3.05, 3.63) is 40.2 Å².